The van der Waals surface area contributed by atoms with Crippen molar-refractivity contribution in [2.24, 2.45) is 0 Å². The lowest BCUT2D eigenvalue weighted by atomic mass is 9.92. The highest BCUT2D eigenvalue weighted by Crippen LogP contribution is 2.27. The molecule has 1 aliphatic carbocycles. The van der Waals surface area contributed by atoms with Crippen LogP contribution in [0.25, 0.3) is 0 Å². The Kier molecular flexibility index (Phi) is 6.37. The van der Waals surface area contributed by atoms with Crippen LogP contribution >= 0.6 is 27.7 Å². The molecular formula is C22H24BrN3OS. The average Bonchev–Trinajstić information content (AvgIpc) is 3.13. The summed E-state index contributed by atoms with van der Waals surface area (Å²) in [6, 6.07) is 14.9. The lowest BCUT2D eigenvalue weighted by molar-refractivity contribution is 0.287. The summed E-state index contributed by atoms with van der Waals surface area (Å²) in [6.45, 7) is 3.40. The van der Waals surface area contributed by atoms with Gasteiger partial charge in [0.2, 0.25) is 0 Å². The Balaban J connectivity index is 1.40. The molecule has 0 aliphatic heterocycles. The molecule has 4 nitrogen and oxygen atoms in total. The summed E-state index contributed by atoms with van der Waals surface area (Å²) in [4.78, 5) is 0. The molecule has 0 saturated heterocycles. The van der Waals surface area contributed by atoms with Gasteiger partial charge in [-0.3, -0.25) is 0 Å². The maximum atomic E-state index is 6.05. The first-order valence-electron chi connectivity index (χ1n) is 9.77. The van der Waals surface area contributed by atoms with E-state index < -0.39 is 0 Å². The third-order valence-electron chi connectivity index (χ3n) is 5.08. The van der Waals surface area contributed by atoms with Crippen molar-refractivity contribution in [2.75, 3.05) is 0 Å². The summed E-state index contributed by atoms with van der Waals surface area (Å²) >= 11 is 5.19. The number of hydrogen-bond donors (Lipinski definition) is 0. The molecule has 0 N–H and O–H groups in total. The molecule has 1 aliphatic rings. The standard InChI is InChI=1S/C22H24BrN3OS/c1-2-26-21(14-27-20-12-9-17-5-3-4-6-18(17)13-20)24-25-22(26)28-15-16-7-10-19(23)11-8-16/h7-13H,2-6,14-15H2,1H3. The second-order valence-electron chi connectivity index (χ2n) is 6.98. The fraction of sp³-hybridized carbons (Fsp3) is 0.364. The Morgan fingerprint density at radius 3 is 2.61 bits per heavy atom. The van der Waals surface area contributed by atoms with Crippen LogP contribution < -0.4 is 4.74 Å². The number of hydrogen-bond acceptors (Lipinski definition) is 4. The Bertz CT molecular complexity index is 939. The quantitative estimate of drug-likeness (QED) is 0.419. The zero-order chi connectivity index (χ0) is 19.3. The van der Waals surface area contributed by atoms with Crippen molar-refractivity contribution in [1.29, 1.82) is 0 Å². The van der Waals surface area contributed by atoms with E-state index in [1.165, 1.54) is 36.0 Å². The number of aromatic nitrogens is 3. The van der Waals surface area contributed by atoms with Crippen LogP contribution in [-0.2, 0) is 31.7 Å². The van der Waals surface area contributed by atoms with Gasteiger partial charge in [-0.05, 0) is 73.6 Å². The molecule has 0 bridgehead atoms. The normalized spacial score (nSPS) is 13.4. The summed E-state index contributed by atoms with van der Waals surface area (Å²) in [6.07, 6.45) is 4.93. The van der Waals surface area contributed by atoms with E-state index in [-0.39, 0.29) is 0 Å². The molecule has 0 unspecified atom stereocenters. The largest absolute Gasteiger partial charge is 0.486 e. The molecule has 0 radical (unpaired) electrons. The highest BCUT2D eigenvalue weighted by molar-refractivity contribution is 9.10. The molecule has 0 atom stereocenters. The molecule has 28 heavy (non-hydrogen) atoms. The lowest BCUT2D eigenvalue weighted by Crippen LogP contribution is -2.08. The summed E-state index contributed by atoms with van der Waals surface area (Å²) in [5.41, 5.74) is 4.18. The van der Waals surface area contributed by atoms with Crippen molar-refractivity contribution in [3.05, 3.63) is 69.5 Å². The lowest BCUT2D eigenvalue weighted by Gasteiger charge is -2.16. The van der Waals surface area contributed by atoms with Crippen LogP contribution in [0.4, 0.5) is 0 Å². The SMILES string of the molecule is CCn1c(COc2ccc3c(c2)CCCC3)nnc1SCc1ccc(Br)cc1. The van der Waals surface area contributed by atoms with Gasteiger partial charge in [-0.25, -0.2) is 0 Å². The Morgan fingerprint density at radius 2 is 1.82 bits per heavy atom. The van der Waals surface area contributed by atoms with Crippen LogP contribution in [0.5, 0.6) is 5.75 Å². The number of aryl methyl sites for hydroxylation is 2. The van der Waals surface area contributed by atoms with Gasteiger partial charge in [0.15, 0.2) is 11.0 Å². The molecule has 1 aromatic heterocycles. The molecule has 146 valence electrons. The Morgan fingerprint density at radius 1 is 1.04 bits per heavy atom. The summed E-state index contributed by atoms with van der Waals surface area (Å²) in [5.74, 6) is 2.67. The molecule has 0 spiro atoms. The van der Waals surface area contributed by atoms with Crippen molar-refractivity contribution in [3.63, 3.8) is 0 Å². The first-order valence-corrected chi connectivity index (χ1v) is 11.5. The summed E-state index contributed by atoms with van der Waals surface area (Å²) < 4.78 is 9.29. The molecule has 1 heterocycles. The third kappa shape index (κ3) is 4.61. The van der Waals surface area contributed by atoms with Gasteiger partial charge in [-0.2, -0.15) is 0 Å². The fourth-order valence-corrected chi connectivity index (χ4v) is 4.77. The molecule has 3 aromatic rings. The van der Waals surface area contributed by atoms with Crippen molar-refractivity contribution in [1.82, 2.24) is 14.8 Å². The van der Waals surface area contributed by atoms with Crippen molar-refractivity contribution >= 4 is 27.7 Å². The van der Waals surface area contributed by atoms with Crippen LogP contribution in [0.2, 0.25) is 0 Å². The highest BCUT2D eigenvalue weighted by atomic mass is 79.9. The van der Waals surface area contributed by atoms with E-state index in [0.29, 0.717) is 6.61 Å². The predicted octanol–water partition coefficient (Wildman–Crippen LogP) is 5.81. The minimum Gasteiger partial charge on any atom is -0.486 e. The smallest absolute Gasteiger partial charge is 0.191 e. The van der Waals surface area contributed by atoms with Crippen LogP contribution in [0.3, 0.4) is 0 Å². The van der Waals surface area contributed by atoms with E-state index in [9.17, 15) is 0 Å². The van der Waals surface area contributed by atoms with Gasteiger partial charge in [0, 0.05) is 16.8 Å². The topological polar surface area (TPSA) is 39.9 Å². The molecule has 6 heteroatoms. The monoisotopic (exact) mass is 457 g/mol. The van der Waals surface area contributed by atoms with Gasteiger partial charge in [0.1, 0.15) is 12.4 Å². The number of benzene rings is 2. The Labute approximate surface area is 178 Å². The number of thioether (sulfide) groups is 1. The maximum Gasteiger partial charge on any atom is 0.191 e. The van der Waals surface area contributed by atoms with E-state index >= 15 is 0 Å². The molecular weight excluding hydrogens is 434 g/mol. The molecule has 4 rings (SSSR count). The highest BCUT2D eigenvalue weighted by Gasteiger charge is 2.14. The fourth-order valence-electron chi connectivity index (χ4n) is 3.53. The van der Waals surface area contributed by atoms with E-state index in [1.807, 2.05) is 0 Å². The zero-order valence-electron chi connectivity index (χ0n) is 16.0. The minimum atomic E-state index is 0.443. The molecule has 0 fully saturated rings. The predicted molar refractivity (Wildman–Crippen MR) is 117 cm³/mol. The van der Waals surface area contributed by atoms with Crippen LogP contribution in [0.1, 0.15) is 42.3 Å². The molecule has 0 amide bonds. The third-order valence-corrected chi connectivity index (χ3v) is 6.65. The number of nitrogens with zero attached hydrogens (tertiary/aromatic N) is 3. The summed E-state index contributed by atoms with van der Waals surface area (Å²) in [5, 5.41) is 9.70. The van der Waals surface area contributed by atoms with Gasteiger partial charge >= 0.3 is 0 Å². The van der Waals surface area contributed by atoms with Crippen LogP contribution in [-0.4, -0.2) is 14.8 Å². The van der Waals surface area contributed by atoms with Crippen molar-refractivity contribution in [2.45, 2.75) is 56.7 Å². The van der Waals surface area contributed by atoms with Crippen LogP contribution in [0.15, 0.2) is 52.1 Å². The van der Waals surface area contributed by atoms with E-state index in [0.717, 1.165) is 39.9 Å². The van der Waals surface area contributed by atoms with Crippen molar-refractivity contribution in [3.8, 4) is 5.75 Å². The second-order valence-corrected chi connectivity index (χ2v) is 8.84. The first kappa shape index (κ1) is 19.5. The summed E-state index contributed by atoms with van der Waals surface area (Å²) in [7, 11) is 0. The zero-order valence-corrected chi connectivity index (χ0v) is 18.4. The van der Waals surface area contributed by atoms with Gasteiger partial charge < -0.3 is 9.30 Å². The van der Waals surface area contributed by atoms with Gasteiger partial charge in [0.25, 0.3) is 0 Å². The maximum absolute atomic E-state index is 6.05. The number of rotatable bonds is 7. The Hall–Kier alpha value is -1.79. The van der Waals surface area contributed by atoms with Gasteiger partial charge in [-0.15, -0.1) is 10.2 Å². The van der Waals surface area contributed by atoms with Crippen LogP contribution in [0, 0.1) is 0 Å². The van der Waals surface area contributed by atoms with Gasteiger partial charge in [0.05, 0.1) is 0 Å². The average molecular weight is 458 g/mol. The molecule has 2 aromatic carbocycles. The number of halogens is 1. The van der Waals surface area contributed by atoms with Crippen molar-refractivity contribution < 1.29 is 4.74 Å². The van der Waals surface area contributed by atoms with E-state index in [4.69, 9.17) is 4.74 Å². The second kappa shape index (κ2) is 9.14. The first-order chi connectivity index (χ1) is 13.7. The number of ether oxygens (including phenoxy) is 1. The van der Waals surface area contributed by atoms with E-state index in [2.05, 4.69) is 80.1 Å². The minimum absolute atomic E-state index is 0.443. The van der Waals surface area contributed by atoms with Gasteiger partial charge in [-0.1, -0.05) is 45.9 Å². The molecule has 0 saturated carbocycles. The number of fused-ring (bicyclic) bond motifs is 1. The van der Waals surface area contributed by atoms with E-state index in [1.54, 1.807) is 11.8 Å².